The molecule has 2 aromatic rings. The largest absolute Gasteiger partial charge is 0.493 e. The van der Waals surface area contributed by atoms with Gasteiger partial charge in [-0.3, -0.25) is 4.79 Å². The molecule has 158 valence electrons. The lowest BCUT2D eigenvalue weighted by molar-refractivity contribution is -0.146. The fourth-order valence-electron chi connectivity index (χ4n) is 3.52. The maximum atomic E-state index is 12.2. The molecule has 0 aromatic heterocycles. The molecule has 0 radical (unpaired) electrons. The highest BCUT2D eigenvalue weighted by atomic mass is 16.6. The maximum absolute atomic E-state index is 12.2. The minimum atomic E-state index is -0.423. The number of amides is 1. The van der Waals surface area contributed by atoms with Crippen LogP contribution >= 0.6 is 0 Å². The van der Waals surface area contributed by atoms with E-state index >= 15 is 0 Å². The van der Waals surface area contributed by atoms with E-state index in [-0.39, 0.29) is 12.5 Å². The molecule has 2 aromatic carbocycles. The van der Waals surface area contributed by atoms with Crippen LogP contribution in [-0.2, 0) is 16.1 Å². The van der Waals surface area contributed by atoms with Crippen LogP contribution in [0.2, 0.25) is 0 Å². The second-order valence-corrected chi connectivity index (χ2v) is 7.34. The van der Waals surface area contributed by atoms with E-state index < -0.39 is 5.97 Å². The van der Waals surface area contributed by atoms with Gasteiger partial charge in [-0.2, -0.15) is 0 Å². The van der Waals surface area contributed by atoms with Crippen LogP contribution in [0.15, 0.2) is 30.3 Å². The topological polar surface area (TPSA) is 83.1 Å². The van der Waals surface area contributed by atoms with E-state index in [9.17, 15) is 9.59 Å². The van der Waals surface area contributed by atoms with Gasteiger partial charge in [-0.05, 0) is 55.0 Å². The molecular weight excluding hydrogens is 386 g/mol. The highest BCUT2D eigenvalue weighted by Gasteiger charge is 2.27. The molecule has 1 aliphatic carbocycles. The quantitative estimate of drug-likeness (QED) is 0.638. The molecule has 7 heteroatoms. The van der Waals surface area contributed by atoms with Gasteiger partial charge in [0, 0.05) is 17.7 Å². The van der Waals surface area contributed by atoms with E-state index in [2.05, 4.69) is 5.32 Å². The fourth-order valence-corrected chi connectivity index (χ4v) is 3.52. The van der Waals surface area contributed by atoms with E-state index in [0.717, 1.165) is 29.5 Å². The zero-order chi connectivity index (χ0) is 21.1. The number of hydrogen-bond acceptors (Lipinski definition) is 6. The van der Waals surface area contributed by atoms with Crippen LogP contribution in [-0.4, -0.2) is 38.8 Å². The number of carbonyl (C=O) groups is 2. The Morgan fingerprint density at radius 1 is 1.07 bits per heavy atom. The van der Waals surface area contributed by atoms with Gasteiger partial charge in [0.2, 0.25) is 5.75 Å². The lowest BCUT2D eigenvalue weighted by atomic mass is 9.95. The summed E-state index contributed by atoms with van der Waals surface area (Å²) in [6.07, 6.45) is 2.21. The van der Waals surface area contributed by atoms with Crippen molar-refractivity contribution in [2.24, 2.45) is 5.92 Å². The van der Waals surface area contributed by atoms with Crippen LogP contribution in [0.3, 0.4) is 0 Å². The third-order valence-electron chi connectivity index (χ3n) is 5.23. The average molecular weight is 411 g/mol. The summed E-state index contributed by atoms with van der Waals surface area (Å²) in [5.74, 6) is 1.28. The molecule has 4 rings (SSSR count). The van der Waals surface area contributed by atoms with Crippen LogP contribution < -0.4 is 19.5 Å². The first-order valence-corrected chi connectivity index (χ1v) is 10.1. The zero-order valence-electron chi connectivity index (χ0n) is 17.2. The molecule has 1 saturated carbocycles. The van der Waals surface area contributed by atoms with Crippen LogP contribution in [0.25, 0.3) is 11.1 Å². The minimum Gasteiger partial charge on any atom is -0.493 e. The van der Waals surface area contributed by atoms with Gasteiger partial charge >= 0.3 is 5.97 Å². The third-order valence-corrected chi connectivity index (χ3v) is 5.23. The van der Waals surface area contributed by atoms with E-state index in [1.807, 2.05) is 25.1 Å². The van der Waals surface area contributed by atoms with Gasteiger partial charge in [0.1, 0.15) is 0 Å². The zero-order valence-corrected chi connectivity index (χ0v) is 17.2. The molecule has 0 spiro atoms. The number of carbonyl (C=O) groups excluding carboxylic acids is 2. The van der Waals surface area contributed by atoms with Crippen molar-refractivity contribution in [3.8, 4) is 28.4 Å². The van der Waals surface area contributed by atoms with E-state index in [1.165, 1.54) is 0 Å². The lowest BCUT2D eigenvalue weighted by Crippen LogP contribution is -2.17. The van der Waals surface area contributed by atoms with Crippen molar-refractivity contribution in [2.75, 3.05) is 26.9 Å². The molecule has 30 heavy (non-hydrogen) atoms. The molecular formula is C23H25NO6. The van der Waals surface area contributed by atoms with Crippen molar-refractivity contribution >= 4 is 11.9 Å². The first-order chi connectivity index (χ1) is 14.6. The summed E-state index contributed by atoms with van der Waals surface area (Å²) in [4.78, 5) is 24.3. The molecule has 1 amide bonds. The minimum absolute atomic E-state index is 0.100. The number of nitrogens with one attached hydrogen (secondary N) is 1. The summed E-state index contributed by atoms with van der Waals surface area (Å²) >= 11 is 0. The molecule has 1 fully saturated rings. The van der Waals surface area contributed by atoms with Crippen molar-refractivity contribution in [1.29, 1.82) is 0 Å². The molecule has 7 nitrogen and oxygen atoms in total. The number of ether oxygens (including phenoxy) is 4. The summed E-state index contributed by atoms with van der Waals surface area (Å²) in [7, 11) is 1.55. The number of methoxy groups -OCH3 is 1. The van der Waals surface area contributed by atoms with Gasteiger partial charge in [0.25, 0.3) is 5.91 Å². The van der Waals surface area contributed by atoms with Gasteiger partial charge < -0.3 is 24.3 Å². The van der Waals surface area contributed by atoms with Gasteiger partial charge in [-0.15, -0.1) is 0 Å². The predicted molar refractivity (Wildman–Crippen MR) is 110 cm³/mol. The number of fused-ring (bicyclic) bond motifs is 1. The van der Waals surface area contributed by atoms with Crippen molar-refractivity contribution in [3.63, 3.8) is 0 Å². The Kier molecular flexibility index (Phi) is 5.79. The summed E-state index contributed by atoms with van der Waals surface area (Å²) in [6, 6.07) is 9.20. The summed E-state index contributed by atoms with van der Waals surface area (Å²) < 4.78 is 22.5. The molecule has 0 bridgehead atoms. The standard InChI is InChI=1S/C23H25NO6/c1-3-28-22-19(27-2)10-9-16(15-5-4-6-17-18(15)11-24-23(17)26)21(22)30-13-20(25)29-12-14-7-8-14/h4-6,9-10,14H,3,7-8,11-13H2,1-2H3,(H,24,26). The van der Waals surface area contributed by atoms with Crippen molar-refractivity contribution in [3.05, 3.63) is 41.5 Å². The molecule has 1 aliphatic heterocycles. The number of esters is 1. The summed E-state index contributed by atoms with van der Waals surface area (Å²) in [6.45, 7) is 2.89. The Labute approximate surface area is 175 Å². The fraction of sp³-hybridized carbons (Fsp3) is 0.391. The van der Waals surface area contributed by atoms with Crippen LogP contribution in [0.4, 0.5) is 0 Å². The summed E-state index contributed by atoms with van der Waals surface area (Å²) in [5, 5.41) is 2.85. The van der Waals surface area contributed by atoms with Crippen LogP contribution in [0.5, 0.6) is 17.2 Å². The maximum Gasteiger partial charge on any atom is 0.344 e. The Hall–Kier alpha value is -3.22. The number of benzene rings is 2. The molecule has 0 saturated heterocycles. The Balaban J connectivity index is 1.70. The molecule has 0 atom stereocenters. The second kappa shape index (κ2) is 8.65. The highest BCUT2D eigenvalue weighted by Crippen LogP contribution is 2.46. The molecule has 1 N–H and O–H groups in total. The van der Waals surface area contributed by atoms with Crippen LogP contribution in [0, 0.1) is 5.92 Å². The average Bonchev–Trinajstić information content (AvgIpc) is 3.52. The Morgan fingerprint density at radius 3 is 2.60 bits per heavy atom. The van der Waals surface area contributed by atoms with Gasteiger partial charge in [-0.25, -0.2) is 4.79 Å². The molecule has 0 unspecified atom stereocenters. The van der Waals surface area contributed by atoms with Crippen molar-refractivity contribution in [1.82, 2.24) is 5.32 Å². The van der Waals surface area contributed by atoms with E-state index in [1.54, 1.807) is 19.2 Å². The first kappa shape index (κ1) is 20.1. The Bertz CT molecular complexity index is 966. The van der Waals surface area contributed by atoms with Gasteiger partial charge in [0.15, 0.2) is 18.1 Å². The van der Waals surface area contributed by atoms with Gasteiger partial charge in [-0.1, -0.05) is 12.1 Å². The van der Waals surface area contributed by atoms with E-state index in [0.29, 0.717) is 48.5 Å². The molecule has 2 aliphatic rings. The third kappa shape index (κ3) is 4.06. The monoisotopic (exact) mass is 411 g/mol. The van der Waals surface area contributed by atoms with Crippen LogP contribution in [0.1, 0.15) is 35.7 Å². The normalized spacial score (nSPS) is 14.7. The number of hydrogen-bond donors (Lipinski definition) is 1. The highest BCUT2D eigenvalue weighted by molar-refractivity contribution is 6.01. The first-order valence-electron chi connectivity index (χ1n) is 10.1. The Morgan fingerprint density at radius 2 is 1.87 bits per heavy atom. The smallest absolute Gasteiger partial charge is 0.344 e. The van der Waals surface area contributed by atoms with E-state index in [4.69, 9.17) is 18.9 Å². The SMILES string of the molecule is CCOc1c(OC)ccc(-c2cccc3c2CNC3=O)c1OCC(=O)OCC1CC1. The van der Waals surface area contributed by atoms with Crippen molar-refractivity contribution in [2.45, 2.75) is 26.3 Å². The predicted octanol–water partition coefficient (Wildman–Crippen LogP) is 3.34. The number of rotatable bonds is 9. The lowest BCUT2D eigenvalue weighted by Gasteiger charge is -2.19. The second-order valence-electron chi connectivity index (χ2n) is 7.34. The van der Waals surface area contributed by atoms with Gasteiger partial charge in [0.05, 0.1) is 20.3 Å². The summed E-state index contributed by atoms with van der Waals surface area (Å²) in [5.41, 5.74) is 3.09. The molecule has 1 heterocycles. The van der Waals surface area contributed by atoms with Crippen molar-refractivity contribution < 1.29 is 28.5 Å².